The zero-order valence-electron chi connectivity index (χ0n) is 13.1. The number of nitrogens with two attached hydrogens (primary N) is 1. The zero-order valence-corrected chi connectivity index (χ0v) is 13.1. The molecule has 2 rings (SSSR count). The van der Waals surface area contributed by atoms with Crippen molar-refractivity contribution in [2.45, 2.75) is 27.3 Å². The van der Waals surface area contributed by atoms with Crippen LogP contribution in [0.2, 0.25) is 0 Å². The first-order valence-corrected chi connectivity index (χ1v) is 7.02. The molecule has 1 amide bonds. The molecular weight excluding hydrogens is 266 g/mol. The third-order valence-electron chi connectivity index (χ3n) is 3.18. The monoisotopic (exact) mass is 289 g/mol. The van der Waals surface area contributed by atoms with Crippen LogP contribution in [-0.2, 0) is 6.54 Å². The Bertz CT molecular complexity index is 640. The van der Waals surface area contributed by atoms with Crippen molar-refractivity contribution >= 4 is 16.9 Å². The molecule has 114 valence electrons. The largest absolute Gasteiger partial charge is 0.459 e. The lowest BCUT2D eigenvalue weighted by Gasteiger charge is -2.25. The first-order chi connectivity index (χ1) is 9.81. The molecule has 0 spiro atoms. The first kappa shape index (κ1) is 15.5. The Kier molecular flexibility index (Phi) is 4.34. The normalized spacial score (nSPS) is 12.1. The zero-order chi connectivity index (χ0) is 15.6. The van der Waals surface area contributed by atoms with Gasteiger partial charge < -0.3 is 4.42 Å². The van der Waals surface area contributed by atoms with Gasteiger partial charge in [0.2, 0.25) is 0 Å². The minimum atomic E-state index is -0.320. The number of nitrogens with one attached hydrogen (secondary N) is 1. The first-order valence-electron chi connectivity index (χ1n) is 7.02. The quantitative estimate of drug-likeness (QED) is 0.515. The van der Waals surface area contributed by atoms with Gasteiger partial charge in [-0.25, -0.2) is 5.84 Å². The van der Waals surface area contributed by atoms with Gasteiger partial charge in [0, 0.05) is 11.9 Å². The Balaban J connectivity index is 2.36. The number of hydrogen-bond donors (Lipinski definition) is 2. The second-order valence-electron chi connectivity index (χ2n) is 6.60. The second-order valence-corrected chi connectivity index (χ2v) is 6.60. The standard InChI is InChI=1S/C16H23N3O2/c1-16(2,3)10-19(4)9-13-14(15(20)18-17)11-7-5-6-8-12(11)21-13/h5-8H,9-10,17H2,1-4H3,(H,18,20). The number of carbonyl (C=O) groups excluding carboxylic acids is 1. The predicted molar refractivity (Wildman–Crippen MR) is 83.7 cm³/mol. The highest BCUT2D eigenvalue weighted by Gasteiger charge is 2.22. The number of rotatable bonds is 4. The molecule has 0 atom stereocenters. The third kappa shape index (κ3) is 3.62. The molecule has 5 nitrogen and oxygen atoms in total. The summed E-state index contributed by atoms with van der Waals surface area (Å²) in [5.74, 6) is 5.63. The van der Waals surface area contributed by atoms with Gasteiger partial charge in [0.1, 0.15) is 11.3 Å². The Morgan fingerprint density at radius 1 is 1.33 bits per heavy atom. The minimum Gasteiger partial charge on any atom is -0.459 e. The number of amides is 1. The van der Waals surface area contributed by atoms with Crippen LogP contribution in [-0.4, -0.2) is 24.4 Å². The fraction of sp³-hybridized carbons (Fsp3) is 0.438. The molecule has 1 aromatic heterocycles. The molecule has 0 bridgehead atoms. The molecule has 0 saturated carbocycles. The van der Waals surface area contributed by atoms with Crippen LogP contribution in [0.3, 0.4) is 0 Å². The summed E-state index contributed by atoms with van der Waals surface area (Å²) in [4.78, 5) is 14.2. The summed E-state index contributed by atoms with van der Waals surface area (Å²) in [7, 11) is 2.02. The average molecular weight is 289 g/mol. The molecule has 0 aliphatic heterocycles. The van der Waals surface area contributed by atoms with Gasteiger partial charge in [-0.05, 0) is 18.5 Å². The molecule has 5 heteroatoms. The van der Waals surface area contributed by atoms with E-state index in [4.69, 9.17) is 10.3 Å². The number of hydrogen-bond acceptors (Lipinski definition) is 4. The number of fused-ring (bicyclic) bond motifs is 1. The van der Waals surface area contributed by atoms with Crippen LogP contribution in [0.4, 0.5) is 0 Å². The Hall–Kier alpha value is -1.85. The molecule has 0 saturated heterocycles. The van der Waals surface area contributed by atoms with E-state index >= 15 is 0 Å². The van der Waals surface area contributed by atoms with Crippen LogP contribution in [0.25, 0.3) is 11.0 Å². The van der Waals surface area contributed by atoms with E-state index in [1.807, 2.05) is 31.3 Å². The summed E-state index contributed by atoms with van der Waals surface area (Å²) in [6, 6.07) is 7.50. The lowest BCUT2D eigenvalue weighted by Crippen LogP contribution is -2.32. The molecule has 21 heavy (non-hydrogen) atoms. The molecule has 0 unspecified atom stereocenters. The Labute approximate surface area is 125 Å². The lowest BCUT2D eigenvalue weighted by molar-refractivity contribution is 0.0951. The van der Waals surface area contributed by atoms with Gasteiger partial charge in [0.05, 0.1) is 12.1 Å². The van der Waals surface area contributed by atoms with Gasteiger partial charge in [0.15, 0.2) is 0 Å². The summed E-state index contributed by atoms with van der Waals surface area (Å²) >= 11 is 0. The summed E-state index contributed by atoms with van der Waals surface area (Å²) in [6.45, 7) is 7.99. The van der Waals surface area contributed by atoms with Gasteiger partial charge in [-0.15, -0.1) is 0 Å². The van der Waals surface area contributed by atoms with Gasteiger partial charge in [-0.1, -0.05) is 39.0 Å². The maximum atomic E-state index is 12.1. The van der Waals surface area contributed by atoms with Crippen molar-refractivity contribution in [3.05, 3.63) is 35.6 Å². The van der Waals surface area contributed by atoms with E-state index in [1.54, 1.807) is 0 Å². The molecule has 0 aliphatic carbocycles. The summed E-state index contributed by atoms with van der Waals surface area (Å²) < 4.78 is 5.85. The summed E-state index contributed by atoms with van der Waals surface area (Å²) in [5, 5.41) is 0.791. The van der Waals surface area contributed by atoms with E-state index in [9.17, 15) is 4.79 Å². The Morgan fingerprint density at radius 2 is 2.00 bits per heavy atom. The van der Waals surface area contributed by atoms with Crippen LogP contribution < -0.4 is 11.3 Å². The smallest absolute Gasteiger partial charge is 0.269 e. The van der Waals surface area contributed by atoms with E-state index in [2.05, 4.69) is 31.1 Å². The molecule has 0 aliphatic rings. The number of para-hydroxylation sites is 1. The molecule has 0 radical (unpaired) electrons. The highest BCUT2D eigenvalue weighted by molar-refractivity contribution is 6.07. The van der Waals surface area contributed by atoms with Crippen molar-refractivity contribution in [3.63, 3.8) is 0 Å². The summed E-state index contributed by atoms with van der Waals surface area (Å²) in [5.41, 5.74) is 3.61. The topological polar surface area (TPSA) is 71.5 Å². The molecule has 3 N–H and O–H groups in total. The van der Waals surface area contributed by atoms with Crippen molar-refractivity contribution in [2.75, 3.05) is 13.6 Å². The van der Waals surface area contributed by atoms with Crippen LogP contribution in [0.1, 0.15) is 36.9 Å². The van der Waals surface area contributed by atoms with E-state index in [-0.39, 0.29) is 11.3 Å². The van der Waals surface area contributed by atoms with Crippen molar-refractivity contribution < 1.29 is 9.21 Å². The molecule has 0 fully saturated rings. The van der Waals surface area contributed by atoms with Crippen LogP contribution in [0.15, 0.2) is 28.7 Å². The van der Waals surface area contributed by atoms with E-state index < -0.39 is 0 Å². The van der Waals surface area contributed by atoms with Crippen molar-refractivity contribution in [3.8, 4) is 0 Å². The molecular formula is C16H23N3O2. The average Bonchev–Trinajstić information content (AvgIpc) is 2.73. The number of nitrogens with zero attached hydrogens (tertiary/aromatic N) is 1. The van der Waals surface area contributed by atoms with Crippen LogP contribution >= 0.6 is 0 Å². The van der Waals surface area contributed by atoms with Crippen LogP contribution in [0, 0.1) is 5.41 Å². The number of furan rings is 1. The number of benzene rings is 1. The maximum absolute atomic E-state index is 12.1. The van der Waals surface area contributed by atoms with Crippen molar-refractivity contribution in [1.29, 1.82) is 0 Å². The fourth-order valence-electron chi connectivity index (χ4n) is 2.64. The van der Waals surface area contributed by atoms with Crippen molar-refractivity contribution in [2.24, 2.45) is 11.3 Å². The number of carbonyl (C=O) groups is 1. The maximum Gasteiger partial charge on any atom is 0.269 e. The highest BCUT2D eigenvalue weighted by Crippen LogP contribution is 2.27. The third-order valence-corrected chi connectivity index (χ3v) is 3.18. The van der Waals surface area contributed by atoms with E-state index in [0.29, 0.717) is 23.5 Å². The molecule has 1 heterocycles. The molecule has 2 aromatic rings. The lowest BCUT2D eigenvalue weighted by atomic mass is 9.96. The van der Waals surface area contributed by atoms with E-state index in [0.717, 1.165) is 11.9 Å². The minimum absolute atomic E-state index is 0.178. The SMILES string of the molecule is CN(Cc1oc2ccccc2c1C(=O)NN)CC(C)(C)C. The summed E-state index contributed by atoms with van der Waals surface area (Å²) in [6.07, 6.45) is 0. The van der Waals surface area contributed by atoms with Gasteiger partial charge in [-0.2, -0.15) is 0 Å². The number of hydrazine groups is 1. The Morgan fingerprint density at radius 3 is 2.62 bits per heavy atom. The highest BCUT2D eigenvalue weighted by atomic mass is 16.3. The van der Waals surface area contributed by atoms with Gasteiger partial charge in [0.25, 0.3) is 5.91 Å². The van der Waals surface area contributed by atoms with Crippen molar-refractivity contribution in [1.82, 2.24) is 10.3 Å². The molecule has 1 aromatic carbocycles. The van der Waals surface area contributed by atoms with Gasteiger partial charge >= 0.3 is 0 Å². The fourth-order valence-corrected chi connectivity index (χ4v) is 2.64. The van der Waals surface area contributed by atoms with E-state index in [1.165, 1.54) is 0 Å². The van der Waals surface area contributed by atoms with Crippen LogP contribution in [0.5, 0.6) is 0 Å². The predicted octanol–water partition coefficient (Wildman–Crippen LogP) is 2.51. The second kappa shape index (κ2) is 5.87. The van der Waals surface area contributed by atoms with Gasteiger partial charge in [-0.3, -0.25) is 15.1 Å². The number of nitrogen functional groups attached to an aromatic ring is 1.